The third-order valence-electron chi connectivity index (χ3n) is 5.30. The van der Waals surface area contributed by atoms with E-state index in [1.165, 1.54) is 0 Å². The number of hydrogen-bond acceptors (Lipinski definition) is 5. The lowest BCUT2D eigenvalue weighted by atomic mass is 9.91. The van der Waals surface area contributed by atoms with Gasteiger partial charge in [-0.25, -0.2) is 9.97 Å². The maximum Gasteiger partial charge on any atom is 0.227 e. The van der Waals surface area contributed by atoms with Gasteiger partial charge in [0.1, 0.15) is 0 Å². The maximum absolute atomic E-state index is 13.1. The second-order valence-corrected chi connectivity index (χ2v) is 6.97. The highest BCUT2D eigenvalue weighted by Crippen LogP contribution is 2.28. The number of piperidine rings is 2. The zero-order chi connectivity index (χ0) is 17.1. The normalized spacial score (nSPS) is 24.3. The molecular formula is C18H24N6O. The van der Waals surface area contributed by atoms with E-state index in [4.69, 9.17) is 0 Å². The summed E-state index contributed by atoms with van der Waals surface area (Å²) >= 11 is 0. The summed E-state index contributed by atoms with van der Waals surface area (Å²) in [6, 6.07) is 3.84. The van der Waals surface area contributed by atoms with E-state index < -0.39 is 0 Å². The van der Waals surface area contributed by atoms with Gasteiger partial charge in [-0.1, -0.05) is 0 Å². The molecule has 25 heavy (non-hydrogen) atoms. The Hall–Kier alpha value is -2.44. The van der Waals surface area contributed by atoms with Crippen LogP contribution in [0.25, 0.3) is 0 Å². The minimum atomic E-state index is 0.0399. The zero-order valence-electron chi connectivity index (χ0n) is 14.3. The van der Waals surface area contributed by atoms with Crippen LogP contribution in [0.4, 0.5) is 5.95 Å². The number of carbonyl (C=O) groups is 1. The molecule has 2 aliphatic heterocycles. The molecule has 0 unspecified atom stereocenters. The number of aromatic amines is 1. The van der Waals surface area contributed by atoms with Crippen molar-refractivity contribution < 1.29 is 4.79 Å². The fourth-order valence-corrected chi connectivity index (χ4v) is 4.00. The van der Waals surface area contributed by atoms with Crippen molar-refractivity contribution in [2.24, 2.45) is 5.92 Å². The Bertz CT molecular complexity index is 689. The lowest BCUT2D eigenvalue weighted by Gasteiger charge is -2.38. The third kappa shape index (κ3) is 3.50. The summed E-state index contributed by atoms with van der Waals surface area (Å²) in [6.45, 7) is 3.29. The first-order valence-corrected chi connectivity index (χ1v) is 9.11. The van der Waals surface area contributed by atoms with Crippen LogP contribution in [0, 0.1) is 5.92 Å². The average Bonchev–Trinajstić information content (AvgIpc) is 3.23. The summed E-state index contributed by atoms with van der Waals surface area (Å²) in [4.78, 5) is 25.9. The van der Waals surface area contributed by atoms with Gasteiger partial charge in [-0.3, -0.25) is 9.89 Å². The van der Waals surface area contributed by atoms with Gasteiger partial charge in [0.15, 0.2) is 0 Å². The van der Waals surface area contributed by atoms with Crippen molar-refractivity contribution >= 4 is 11.9 Å². The lowest BCUT2D eigenvalue weighted by molar-refractivity contribution is -0.137. The van der Waals surface area contributed by atoms with Gasteiger partial charge in [0.05, 0.1) is 5.92 Å². The van der Waals surface area contributed by atoms with Crippen LogP contribution in [0.1, 0.15) is 37.3 Å². The first kappa shape index (κ1) is 16.1. The molecule has 0 spiro atoms. The Kier molecular flexibility index (Phi) is 4.63. The number of carbonyl (C=O) groups excluding carboxylic acids is 1. The molecule has 7 nitrogen and oxygen atoms in total. The highest BCUT2D eigenvalue weighted by Gasteiger charge is 2.33. The van der Waals surface area contributed by atoms with Gasteiger partial charge in [0.2, 0.25) is 11.9 Å². The second-order valence-electron chi connectivity index (χ2n) is 6.97. The van der Waals surface area contributed by atoms with Gasteiger partial charge >= 0.3 is 0 Å². The van der Waals surface area contributed by atoms with Crippen LogP contribution in [-0.4, -0.2) is 57.2 Å². The minimum Gasteiger partial charge on any atom is -0.342 e. The van der Waals surface area contributed by atoms with Crippen LogP contribution in [-0.2, 0) is 4.79 Å². The number of anilines is 1. The Balaban J connectivity index is 1.41. The summed E-state index contributed by atoms with van der Waals surface area (Å²) in [6.07, 6.45) is 9.42. The Morgan fingerprint density at radius 2 is 1.92 bits per heavy atom. The highest BCUT2D eigenvalue weighted by atomic mass is 16.2. The largest absolute Gasteiger partial charge is 0.342 e. The fraction of sp³-hybridized carbons (Fsp3) is 0.556. The van der Waals surface area contributed by atoms with Crippen LogP contribution >= 0.6 is 0 Å². The quantitative estimate of drug-likeness (QED) is 0.922. The molecule has 0 saturated carbocycles. The Morgan fingerprint density at radius 3 is 2.72 bits per heavy atom. The second kappa shape index (κ2) is 7.21. The Morgan fingerprint density at radius 1 is 1.08 bits per heavy atom. The number of aromatic nitrogens is 4. The molecule has 0 aliphatic carbocycles. The number of hydrogen-bond donors (Lipinski definition) is 1. The van der Waals surface area contributed by atoms with Gasteiger partial charge in [-0.15, -0.1) is 0 Å². The SMILES string of the molecule is O=C([C@@H]1CCCN(c2ncccn2)C1)N1CCC[C@H](c2ccn[nH]2)C1. The molecule has 2 atom stereocenters. The maximum atomic E-state index is 13.1. The highest BCUT2D eigenvalue weighted by molar-refractivity contribution is 5.80. The summed E-state index contributed by atoms with van der Waals surface area (Å²) in [5.74, 6) is 1.43. The topological polar surface area (TPSA) is 78.0 Å². The van der Waals surface area contributed by atoms with E-state index in [0.717, 1.165) is 57.0 Å². The van der Waals surface area contributed by atoms with Crippen molar-refractivity contribution in [2.45, 2.75) is 31.6 Å². The molecule has 1 N–H and O–H groups in total. The van der Waals surface area contributed by atoms with E-state index in [-0.39, 0.29) is 11.8 Å². The average molecular weight is 340 g/mol. The molecule has 7 heteroatoms. The van der Waals surface area contributed by atoms with E-state index in [0.29, 0.717) is 12.5 Å². The monoisotopic (exact) mass is 340 g/mol. The number of nitrogens with zero attached hydrogens (tertiary/aromatic N) is 5. The lowest BCUT2D eigenvalue weighted by Crippen LogP contribution is -2.48. The minimum absolute atomic E-state index is 0.0399. The van der Waals surface area contributed by atoms with Crippen molar-refractivity contribution in [3.05, 3.63) is 36.4 Å². The molecule has 132 valence electrons. The van der Waals surface area contributed by atoms with Gasteiger partial charge in [-0.05, 0) is 37.8 Å². The molecule has 0 radical (unpaired) electrons. The number of nitrogens with one attached hydrogen (secondary N) is 1. The van der Waals surface area contributed by atoms with E-state index in [1.807, 2.05) is 12.1 Å². The number of likely N-dealkylation sites (tertiary alicyclic amines) is 1. The summed E-state index contributed by atoms with van der Waals surface area (Å²) in [7, 11) is 0. The van der Waals surface area contributed by atoms with Gasteiger partial charge in [0.25, 0.3) is 0 Å². The molecule has 4 rings (SSSR count). The van der Waals surface area contributed by atoms with Crippen molar-refractivity contribution in [3.63, 3.8) is 0 Å². The van der Waals surface area contributed by atoms with Crippen molar-refractivity contribution in [2.75, 3.05) is 31.1 Å². The van der Waals surface area contributed by atoms with Gasteiger partial charge in [0, 0.05) is 56.4 Å². The number of H-pyrrole nitrogens is 1. The molecule has 2 fully saturated rings. The summed E-state index contributed by atoms with van der Waals surface area (Å²) in [5, 5.41) is 7.11. The molecule has 2 aromatic rings. The molecule has 2 aromatic heterocycles. The first-order valence-electron chi connectivity index (χ1n) is 9.11. The van der Waals surface area contributed by atoms with Crippen LogP contribution < -0.4 is 4.90 Å². The van der Waals surface area contributed by atoms with Gasteiger partial charge < -0.3 is 9.80 Å². The van der Waals surface area contributed by atoms with Crippen molar-refractivity contribution in [3.8, 4) is 0 Å². The number of rotatable bonds is 3. The summed E-state index contributed by atoms with van der Waals surface area (Å²) < 4.78 is 0. The molecular weight excluding hydrogens is 316 g/mol. The molecule has 4 heterocycles. The first-order chi connectivity index (χ1) is 12.3. The fourth-order valence-electron chi connectivity index (χ4n) is 4.00. The molecule has 1 amide bonds. The third-order valence-corrected chi connectivity index (χ3v) is 5.30. The number of amides is 1. The van der Waals surface area contributed by atoms with E-state index in [2.05, 4.69) is 30.0 Å². The van der Waals surface area contributed by atoms with Crippen LogP contribution in [0.3, 0.4) is 0 Å². The van der Waals surface area contributed by atoms with E-state index in [9.17, 15) is 4.79 Å². The van der Waals surface area contributed by atoms with E-state index >= 15 is 0 Å². The molecule has 2 saturated heterocycles. The predicted molar refractivity (Wildman–Crippen MR) is 94.1 cm³/mol. The van der Waals surface area contributed by atoms with E-state index in [1.54, 1.807) is 18.6 Å². The van der Waals surface area contributed by atoms with Crippen LogP contribution in [0.5, 0.6) is 0 Å². The molecule has 2 aliphatic rings. The van der Waals surface area contributed by atoms with Gasteiger partial charge in [-0.2, -0.15) is 5.10 Å². The van der Waals surface area contributed by atoms with Crippen LogP contribution in [0.15, 0.2) is 30.7 Å². The Labute approximate surface area is 147 Å². The predicted octanol–water partition coefficient (Wildman–Crippen LogP) is 1.82. The smallest absolute Gasteiger partial charge is 0.227 e. The molecule has 0 aromatic carbocycles. The molecule has 0 bridgehead atoms. The summed E-state index contributed by atoms with van der Waals surface area (Å²) in [5.41, 5.74) is 1.14. The van der Waals surface area contributed by atoms with Crippen molar-refractivity contribution in [1.82, 2.24) is 25.1 Å². The van der Waals surface area contributed by atoms with Crippen molar-refractivity contribution in [1.29, 1.82) is 0 Å². The van der Waals surface area contributed by atoms with Crippen LogP contribution in [0.2, 0.25) is 0 Å². The standard InChI is InChI=1S/C18H24N6O/c25-17(23-10-1-4-14(12-23)16-6-9-21-22-16)15-5-2-11-24(13-15)18-19-7-3-8-20-18/h3,6-9,14-15H,1-2,4-5,10-13H2,(H,21,22)/t14-,15+/m0/s1. The zero-order valence-corrected chi connectivity index (χ0v) is 14.3.